The van der Waals surface area contributed by atoms with Gasteiger partial charge in [0.25, 0.3) is 0 Å². The fourth-order valence-corrected chi connectivity index (χ4v) is 2.42. The number of carbonyl (C=O) groups is 1. The summed E-state index contributed by atoms with van der Waals surface area (Å²) in [4.78, 5) is 13.0. The molecule has 0 saturated carbocycles. The number of hydrogen-bond acceptors (Lipinski definition) is 3. The second kappa shape index (κ2) is 6.17. The lowest BCUT2D eigenvalue weighted by Gasteiger charge is -2.24. The maximum Gasteiger partial charge on any atom is 0.338 e. The van der Waals surface area contributed by atoms with E-state index in [1.165, 1.54) is 18.9 Å². The molecule has 110 valence electrons. The van der Waals surface area contributed by atoms with Crippen LogP contribution in [-0.4, -0.2) is 41.7 Å². The number of carboxylic acid groups (broad SMARTS) is 1. The third-order valence-electron chi connectivity index (χ3n) is 3.66. The molecule has 2 rings (SSSR count). The predicted molar refractivity (Wildman–Crippen MR) is 72.1 cm³/mol. The fourth-order valence-electron chi connectivity index (χ4n) is 2.42. The number of rotatable bonds is 5. The van der Waals surface area contributed by atoms with E-state index in [9.17, 15) is 13.6 Å². The van der Waals surface area contributed by atoms with E-state index in [2.05, 4.69) is 10.2 Å². The van der Waals surface area contributed by atoms with E-state index in [0.29, 0.717) is 6.54 Å². The number of halogens is 2. The molecule has 1 aromatic rings. The monoisotopic (exact) mass is 284 g/mol. The van der Waals surface area contributed by atoms with Gasteiger partial charge in [-0.05, 0) is 45.0 Å². The molecular formula is C14H18F2N2O2. The number of carboxylic acids is 1. The van der Waals surface area contributed by atoms with Crippen molar-refractivity contribution in [3.05, 3.63) is 29.3 Å². The van der Waals surface area contributed by atoms with Crippen molar-refractivity contribution < 1.29 is 18.7 Å². The van der Waals surface area contributed by atoms with Crippen molar-refractivity contribution >= 4 is 11.7 Å². The molecule has 1 aliphatic heterocycles. The van der Waals surface area contributed by atoms with E-state index in [-0.39, 0.29) is 11.7 Å². The van der Waals surface area contributed by atoms with Gasteiger partial charge < -0.3 is 10.4 Å². The molecule has 0 aromatic heterocycles. The number of aromatic carboxylic acids is 1. The largest absolute Gasteiger partial charge is 0.478 e. The molecule has 2 N–H and O–H groups in total. The molecular weight excluding hydrogens is 266 g/mol. The highest BCUT2D eigenvalue weighted by Crippen LogP contribution is 2.21. The summed E-state index contributed by atoms with van der Waals surface area (Å²) in [7, 11) is 0. The first-order chi connectivity index (χ1) is 9.50. The summed E-state index contributed by atoms with van der Waals surface area (Å²) >= 11 is 0. The van der Waals surface area contributed by atoms with Crippen molar-refractivity contribution in [2.45, 2.75) is 25.8 Å². The zero-order valence-electron chi connectivity index (χ0n) is 11.3. The van der Waals surface area contributed by atoms with Gasteiger partial charge in [-0.3, -0.25) is 4.90 Å². The molecule has 0 amide bonds. The number of benzene rings is 1. The summed E-state index contributed by atoms with van der Waals surface area (Å²) in [5, 5.41) is 11.6. The van der Waals surface area contributed by atoms with Gasteiger partial charge in [-0.1, -0.05) is 0 Å². The molecule has 1 unspecified atom stereocenters. The zero-order chi connectivity index (χ0) is 14.7. The molecule has 4 nitrogen and oxygen atoms in total. The number of nitrogens with zero attached hydrogens (tertiary/aromatic N) is 1. The quantitative estimate of drug-likeness (QED) is 0.872. The highest BCUT2D eigenvalue weighted by Gasteiger charge is 2.20. The number of hydrogen-bond donors (Lipinski definition) is 2. The minimum absolute atomic E-state index is 0.00135. The normalized spacial score (nSPS) is 17.1. The van der Waals surface area contributed by atoms with Crippen LogP contribution in [0.25, 0.3) is 0 Å². The van der Waals surface area contributed by atoms with Gasteiger partial charge >= 0.3 is 5.97 Å². The van der Waals surface area contributed by atoms with E-state index in [1.54, 1.807) is 0 Å². The standard InChI is InChI=1S/C14H18F2N2O2/c1-9(18-6-2-3-7-18)8-17-11-5-4-10(14(19)20)12(15)13(11)16/h4-5,9,17H,2-3,6-8H2,1H3,(H,19,20). The summed E-state index contributed by atoms with van der Waals surface area (Å²) < 4.78 is 27.3. The Morgan fingerprint density at radius 3 is 2.60 bits per heavy atom. The van der Waals surface area contributed by atoms with Crippen LogP contribution >= 0.6 is 0 Å². The van der Waals surface area contributed by atoms with Crippen LogP contribution in [0.3, 0.4) is 0 Å². The van der Waals surface area contributed by atoms with Gasteiger partial charge in [0.2, 0.25) is 0 Å². The van der Waals surface area contributed by atoms with Crippen molar-refractivity contribution in [3.8, 4) is 0 Å². The van der Waals surface area contributed by atoms with Crippen molar-refractivity contribution in [1.29, 1.82) is 0 Å². The zero-order valence-corrected chi connectivity index (χ0v) is 11.3. The average molecular weight is 284 g/mol. The van der Waals surface area contributed by atoms with Gasteiger partial charge in [0.05, 0.1) is 11.3 Å². The summed E-state index contributed by atoms with van der Waals surface area (Å²) in [5.41, 5.74) is -0.654. The predicted octanol–water partition coefficient (Wildman–Crippen LogP) is 2.56. The topological polar surface area (TPSA) is 52.6 Å². The maximum absolute atomic E-state index is 13.7. The van der Waals surface area contributed by atoms with Crippen molar-refractivity contribution in [2.75, 3.05) is 25.0 Å². The Kier molecular flexibility index (Phi) is 4.54. The van der Waals surface area contributed by atoms with Crippen molar-refractivity contribution in [2.24, 2.45) is 0 Å². The maximum atomic E-state index is 13.7. The number of likely N-dealkylation sites (tertiary alicyclic amines) is 1. The third-order valence-corrected chi connectivity index (χ3v) is 3.66. The molecule has 0 spiro atoms. The molecule has 0 aliphatic carbocycles. The molecule has 1 fully saturated rings. The average Bonchev–Trinajstić information content (AvgIpc) is 2.93. The van der Waals surface area contributed by atoms with Gasteiger partial charge in [-0.2, -0.15) is 0 Å². The molecule has 0 radical (unpaired) electrons. The van der Waals surface area contributed by atoms with Crippen LogP contribution in [0.4, 0.5) is 14.5 Å². The highest BCUT2D eigenvalue weighted by molar-refractivity contribution is 5.88. The van der Waals surface area contributed by atoms with Crippen LogP contribution in [0, 0.1) is 11.6 Å². The fraction of sp³-hybridized carbons (Fsp3) is 0.500. The summed E-state index contributed by atoms with van der Waals surface area (Å²) in [6, 6.07) is 2.56. The smallest absolute Gasteiger partial charge is 0.338 e. The summed E-state index contributed by atoms with van der Waals surface area (Å²) in [6.45, 7) is 4.57. The highest BCUT2D eigenvalue weighted by atomic mass is 19.2. The Balaban J connectivity index is 2.02. The van der Waals surface area contributed by atoms with Crippen LogP contribution < -0.4 is 5.32 Å². The van der Waals surface area contributed by atoms with Crippen LogP contribution in [0.1, 0.15) is 30.1 Å². The Morgan fingerprint density at radius 2 is 2.00 bits per heavy atom. The third kappa shape index (κ3) is 3.07. The van der Waals surface area contributed by atoms with Crippen LogP contribution in [0.15, 0.2) is 12.1 Å². The Morgan fingerprint density at radius 1 is 1.35 bits per heavy atom. The van der Waals surface area contributed by atoms with E-state index in [4.69, 9.17) is 5.11 Å². The number of anilines is 1. The molecule has 1 saturated heterocycles. The Bertz CT molecular complexity index is 502. The van der Waals surface area contributed by atoms with Gasteiger partial charge in [0.1, 0.15) is 0 Å². The first-order valence-electron chi connectivity index (χ1n) is 6.70. The summed E-state index contributed by atoms with van der Waals surface area (Å²) in [5.74, 6) is -3.94. The van der Waals surface area contributed by atoms with E-state index in [1.807, 2.05) is 6.92 Å². The molecule has 1 heterocycles. The summed E-state index contributed by atoms with van der Waals surface area (Å²) in [6.07, 6.45) is 2.33. The first-order valence-corrected chi connectivity index (χ1v) is 6.70. The second-order valence-corrected chi connectivity index (χ2v) is 5.07. The number of nitrogens with one attached hydrogen (secondary N) is 1. The molecule has 6 heteroatoms. The van der Waals surface area contributed by atoms with Crippen LogP contribution in [-0.2, 0) is 0 Å². The first kappa shape index (κ1) is 14.7. The van der Waals surface area contributed by atoms with E-state index >= 15 is 0 Å². The van der Waals surface area contributed by atoms with Gasteiger partial charge in [0.15, 0.2) is 11.6 Å². The molecule has 20 heavy (non-hydrogen) atoms. The minimum atomic E-state index is -1.47. The lowest BCUT2D eigenvalue weighted by atomic mass is 10.1. The van der Waals surface area contributed by atoms with E-state index < -0.39 is 23.2 Å². The van der Waals surface area contributed by atoms with Crippen LogP contribution in [0.2, 0.25) is 0 Å². The Hall–Kier alpha value is -1.69. The van der Waals surface area contributed by atoms with Crippen molar-refractivity contribution in [3.63, 3.8) is 0 Å². The molecule has 1 aliphatic rings. The van der Waals surface area contributed by atoms with Crippen LogP contribution in [0.5, 0.6) is 0 Å². The van der Waals surface area contributed by atoms with Gasteiger partial charge in [-0.15, -0.1) is 0 Å². The SMILES string of the molecule is CC(CNc1ccc(C(=O)O)c(F)c1F)N1CCCC1. The minimum Gasteiger partial charge on any atom is -0.478 e. The molecule has 1 aromatic carbocycles. The van der Waals surface area contributed by atoms with Gasteiger partial charge in [0, 0.05) is 12.6 Å². The second-order valence-electron chi connectivity index (χ2n) is 5.07. The lowest BCUT2D eigenvalue weighted by Crippen LogP contribution is -2.35. The Labute approximate surface area is 116 Å². The van der Waals surface area contributed by atoms with Gasteiger partial charge in [-0.25, -0.2) is 13.6 Å². The lowest BCUT2D eigenvalue weighted by molar-refractivity contribution is 0.0690. The van der Waals surface area contributed by atoms with E-state index in [0.717, 1.165) is 19.2 Å². The molecule has 1 atom stereocenters. The van der Waals surface area contributed by atoms with Crippen molar-refractivity contribution in [1.82, 2.24) is 4.90 Å². The molecule has 0 bridgehead atoms.